The molecule has 1 atom stereocenters. The smallest absolute Gasteiger partial charge is 0.0458 e. The lowest BCUT2D eigenvalue weighted by atomic mass is 9.91. The summed E-state index contributed by atoms with van der Waals surface area (Å²) >= 11 is 0. The van der Waals surface area contributed by atoms with Crippen molar-refractivity contribution in [3.63, 3.8) is 0 Å². The summed E-state index contributed by atoms with van der Waals surface area (Å²) in [4.78, 5) is 8.62. The monoisotopic (exact) mass is 312 g/mol. The van der Waals surface area contributed by atoms with Crippen molar-refractivity contribution in [1.82, 2.24) is 20.1 Å². The van der Waals surface area contributed by atoms with Crippen LogP contribution in [0.25, 0.3) is 10.9 Å². The number of nitrogens with zero attached hydrogens (tertiary/aromatic N) is 2. The van der Waals surface area contributed by atoms with Crippen LogP contribution in [0, 0.1) is 0 Å². The molecule has 1 aromatic carbocycles. The highest BCUT2D eigenvalue weighted by atomic mass is 15.2. The molecular weight excluding hydrogens is 284 g/mol. The number of likely N-dealkylation sites (N-methyl/N-ethyl adjacent to an activating group) is 1. The van der Waals surface area contributed by atoms with E-state index in [1.54, 1.807) is 5.56 Å². The number of fused-ring (bicyclic) bond motifs is 3. The SMILES string of the molecule is CN1CCN(CCNC2CCc3[nH]c4ccccc4c3C2)CC1. The van der Waals surface area contributed by atoms with E-state index >= 15 is 0 Å². The molecule has 2 aromatic rings. The zero-order valence-electron chi connectivity index (χ0n) is 14.1. The highest BCUT2D eigenvalue weighted by Crippen LogP contribution is 2.28. The summed E-state index contributed by atoms with van der Waals surface area (Å²) < 4.78 is 0. The molecule has 0 saturated carbocycles. The van der Waals surface area contributed by atoms with Gasteiger partial charge in [0.2, 0.25) is 0 Å². The fraction of sp³-hybridized carbons (Fsp3) is 0.579. The highest BCUT2D eigenvalue weighted by molar-refractivity contribution is 5.84. The largest absolute Gasteiger partial charge is 0.358 e. The zero-order chi connectivity index (χ0) is 15.6. The van der Waals surface area contributed by atoms with E-state index in [1.165, 1.54) is 68.6 Å². The molecule has 2 N–H and O–H groups in total. The molecule has 1 aliphatic heterocycles. The van der Waals surface area contributed by atoms with Crippen LogP contribution in [0.3, 0.4) is 0 Å². The Morgan fingerprint density at radius 1 is 1.17 bits per heavy atom. The summed E-state index contributed by atoms with van der Waals surface area (Å²) in [6.45, 7) is 7.16. The van der Waals surface area contributed by atoms with E-state index in [-0.39, 0.29) is 0 Å². The van der Waals surface area contributed by atoms with Gasteiger partial charge < -0.3 is 15.2 Å². The maximum absolute atomic E-state index is 3.81. The number of piperazine rings is 1. The first-order valence-corrected chi connectivity index (χ1v) is 9.02. The van der Waals surface area contributed by atoms with Gasteiger partial charge in [0.05, 0.1) is 0 Å². The number of aryl methyl sites for hydroxylation is 1. The molecule has 1 fully saturated rings. The van der Waals surface area contributed by atoms with Crippen LogP contribution in [0.2, 0.25) is 0 Å². The number of aromatic amines is 1. The van der Waals surface area contributed by atoms with Crippen molar-refractivity contribution >= 4 is 10.9 Å². The van der Waals surface area contributed by atoms with Crippen molar-refractivity contribution in [3.8, 4) is 0 Å². The Morgan fingerprint density at radius 3 is 2.87 bits per heavy atom. The normalized spacial score (nSPS) is 23.3. The number of hydrogen-bond acceptors (Lipinski definition) is 3. The molecule has 4 nitrogen and oxygen atoms in total. The summed E-state index contributed by atoms with van der Waals surface area (Å²) in [6.07, 6.45) is 3.60. The maximum Gasteiger partial charge on any atom is 0.0458 e. The van der Waals surface area contributed by atoms with Gasteiger partial charge in [-0.05, 0) is 37.9 Å². The Labute approximate surface area is 138 Å². The minimum absolute atomic E-state index is 0.633. The summed E-state index contributed by atoms with van der Waals surface area (Å²) in [6, 6.07) is 9.37. The molecule has 0 amide bonds. The third kappa shape index (κ3) is 3.30. The van der Waals surface area contributed by atoms with Crippen molar-refractivity contribution in [2.24, 2.45) is 0 Å². The summed E-state index contributed by atoms with van der Waals surface area (Å²) in [5.74, 6) is 0. The van der Waals surface area contributed by atoms with Gasteiger partial charge in [-0.25, -0.2) is 0 Å². The van der Waals surface area contributed by atoms with E-state index in [0.29, 0.717) is 6.04 Å². The van der Waals surface area contributed by atoms with Crippen molar-refractivity contribution in [1.29, 1.82) is 0 Å². The van der Waals surface area contributed by atoms with E-state index in [2.05, 4.69) is 51.4 Å². The molecule has 2 aliphatic rings. The van der Waals surface area contributed by atoms with Crippen LogP contribution in [0.15, 0.2) is 24.3 Å². The minimum atomic E-state index is 0.633. The summed E-state index contributed by atoms with van der Waals surface area (Å²) in [5, 5.41) is 5.23. The lowest BCUT2D eigenvalue weighted by Crippen LogP contribution is -2.47. The van der Waals surface area contributed by atoms with Gasteiger partial charge in [-0.3, -0.25) is 4.90 Å². The number of hydrogen-bond donors (Lipinski definition) is 2. The molecule has 4 heteroatoms. The Bertz CT molecular complexity index is 654. The standard InChI is InChI=1S/C19H28N4/c1-22-10-12-23(13-11-22)9-8-20-15-6-7-19-17(14-15)16-4-2-3-5-18(16)21-19/h2-5,15,20-21H,6-14H2,1H3. The van der Waals surface area contributed by atoms with Crippen LogP contribution in [0.4, 0.5) is 0 Å². The Balaban J connectivity index is 1.32. The minimum Gasteiger partial charge on any atom is -0.358 e. The second-order valence-electron chi connectivity index (χ2n) is 7.17. The van der Waals surface area contributed by atoms with Crippen LogP contribution in [-0.2, 0) is 12.8 Å². The molecule has 1 unspecified atom stereocenters. The molecule has 4 rings (SSSR count). The molecular formula is C19H28N4. The summed E-state index contributed by atoms with van der Waals surface area (Å²) in [5.41, 5.74) is 4.31. The number of rotatable bonds is 4. The van der Waals surface area contributed by atoms with Gasteiger partial charge in [0.15, 0.2) is 0 Å². The molecule has 0 spiro atoms. The summed E-state index contributed by atoms with van der Waals surface area (Å²) in [7, 11) is 2.22. The second kappa shape index (κ2) is 6.63. The van der Waals surface area contributed by atoms with Gasteiger partial charge in [-0.2, -0.15) is 0 Å². The molecule has 1 aromatic heterocycles. The molecule has 124 valence electrons. The van der Waals surface area contributed by atoms with E-state index in [9.17, 15) is 0 Å². The van der Waals surface area contributed by atoms with Gasteiger partial charge in [0.1, 0.15) is 0 Å². The first-order valence-electron chi connectivity index (χ1n) is 9.02. The average molecular weight is 312 g/mol. The van der Waals surface area contributed by atoms with Crippen molar-refractivity contribution in [3.05, 3.63) is 35.5 Å². The van der Waals surface area contributed by atoms with Crippen LogP contribution >= 0.6 is 0 Å². The lowest BCUT2D eigenvalue weighted by Gasteiger charge is -2.33. The fourth-order valence-electron chi connectivity index (χ4n) is 4.04. The van der Waals surface area contributed by atoms with Crippen LogP contribution < -0.4 is 5.32 Å². The van der Waals surface area contributed by atoms with E-state index in [4.69, 9.17) is 0 Å². The molecule has 1 saturated heterocycles. The van der Waals surface area contributed by atoms with E-state index < -0.39 is 0 Å². The molecule has 23 heavy (non-hydrogen) atoms. The number of para-hydroxylation sites is 1. The third-order valence-corrected chi connectivity index (χ3v) is 5.55. The molecule has 1 aliphatic carbocycles. The van der Waals surface area contributed by atoms with Crippen molar-refractivity contribution < 1.29 is 0 Å². The highest BCUT2D eigenvalue weighted by Gasteiger charge is 2.22. The fourth-order valence-corrected chi connectivity index (χ4v) is 4.04. The van der Waals surface area contributed by atoms with Gasteiger partial charge >= 0.3 is 0 Å². The molecule has 0 bridgehead atoms. The number of nitrogens with one attached hydrogen (secondary N) is 2. The van der Waals surface area contributed by atoms with Crippen LogP contribution in [0.5, 0.6) is 0 Å². The Morgan fingerprint density at radius 2 is 2.00 bits per heavy atom. The zero-order valence-corrected chi connectivity index (χ0v) is 14.1. The van der Waals surface area contributed by atoms with Crippen LogP contribution in [0.1, 0.15) is 17.7 Å². The van der Waals surface area contributed by atoms with E-state index in [1.807, 2.05) is 0 Å². The van der Waals surface area contributed by atoms with Crippen molar-refractivity contribution in [2.75, 3.05) is 46.3 Å². The number of aromatic nitrogens is 1. The molecule has 2 heterocycles. The average Bonchev–Trinajstić information content (AvgIpc) is 2.95. The van der Waals surface area contributed by atoms with Gasteiger partial charge in [-0.15, -0.1) is 0 Å². The van der Waals surface area contributed by atoms with Gasteiger partial charge in [-0.1, -0.05) is 18.2 Å². The quantitative estimate of drug-likeness (QED) is 0.904. The predicted molar refractivity (Wildman–Crippen MR) is 96.1 cm³/mol. The van der Waals surface area contributed by atoms with Gasteiger partial charge in [0.25, 0.3) is 0 Å². The number of H-pyrrole nitrogens is 1. The van der Waals surface area contributed by atoms with Gasteiger partial charge in [0, 0.05) is 61.9 Å². The van der Waals surface area contributed by atoms with E-state index in [0.717, 1.165) is 6.54 Å². The Hall–Kier alpha value is -1.36. The first kappa shape index (κ1) is 15.2. The second-order valence-corrected chi connectivity index (χ2v) is 7.17. The first-order chi connectivity index (χ1) is 11.3. The number of benzene rings is 1. The van der Waals surface area contributed by atoms with Crippen molar-refractivity contribution in [2.45, 2.75) is 25.3 Å². The van der Waals surface area contributed by atoms with Crippen LogP contribution in [-0.4, -0.2) is 67.1 Å². The third-order valence-electron chi connectivity index (χ3n) is 5.55. The molecule has 0 radical (unpaired) electrons. The Kier molecular flexibility index (Phi) is 4.38. The lowest BCUT2D eigenvalue weighted by molar-refractivity contribution is 0.153. The predicted octanol–water partition coefficient (Wildman–Crippen LogP) is 1.86. The topological polar surface area (TPSA) is 34.3 Å². The maximum atomic E-state index is 3.81.